The van der Waals surface area contributed by atoms with Gasteiger partial charge < -0.3 is 14.8 Å². The second kappa shape index (κ2) is 6.64. The van der Waals surface area contributed by atoms with Crippen LogP contribution in [0.4, 0.5) is 0 Å². The molecule has 1 saturated heterocycles. The first-order valence-corrected chi connectivity index (χ1v) is 7.92. The smallest absolute Gasteiger partial charge is 0.162 e. The molecule has 1 atom stereocenters. The van der Waals surface area contributed by atoms with E-state index in [2.05, 4.69) is 29.1 Å². The molecule has 1 aromatic carbocycles. The van der Waals surface area contributed by atoms with Gasteiger partial charge in [0.05, 0.1) is 18.3 Å². The van der Waals surface area contributed by atoms with Crippen LogP contribution in [0.3, 0.4) is 0 Å². The van der Waals surface area contributed by atoms with Crippen molar-refractivity contribution < 1.29 is 9.47 Å². The molecule has 23 heavy (non-hydrogen) atoms. The minimum absolute atomic E-state index is 0.113. The summed E-state index contributed by atoms with van der Waals surface area (Å²) in [6, 6.07) is 8.13. The minimum atomic E-state index is -0.113. The van der Waals surface area contributed by atoms with E-state index in [1.807, 2.05) is 36.7 Å². The van der Waals surface area contributed by atoms with Crippen molar-refractivity contribution in [1.82, 2.24) is 15.3 Å². The Labute approximate surface area is 137 Å². The molecule has 5 heteroatoms. The summed E-state index contributed by atoms with van der Waals surface area (Å²) in [6.07, 6.45) is 4.77. The number of ether oxygens (including phenoxy) is 2. The van der Waals surface area contributed by atoms with Crippen LogP contribution >= 0.6 is 0 Å². The minimum Gasteiger partial charge on any atom is -0.496 e. The number of hydrogen-bond acceptors (Lipinski definition) is 5. The van der Waals surface area contributed by atoms with E-state index in [4.69, 9.17) is 9.47 Å². The molecule has 0 aliphatic carbocycles. The molecule has 1 N–H and O–H groups in total. The number of nitrogens with zero attached hydrogens (tertiary/aromatic N) is 2. The van der Waals surface area contributed by atoms with E-state index in [0.717, 1.165) is 36.4 Å². The summed E-state index contributed by atoms with van der Waals surface area (Å²) in [5.74, 6) is 1.46. The van der Waals surface area contributed by atoms with E-state index in [9.17, 15) is 0 Å². The molecular formula is C18H23N3O2. The van der Waals surface area contributed by atoms with Crippen LogP contribution in [0.25, 0.3) is 11.4 Å². The molecule has 0 radical (unpaired) electrons. The predicted octanol–water partition coefficient (Wildman–Crippen LogP) is 2.81. The summed E-state index contributed by atoms with van der Waals surface area (Å²) in [6.45, 7) is 5.80. The molecule has 1 aliphatic rings. The molecule has 1 fully saturated rings. The molecule has 0 spiro atoms. The Hall–Kier alpha value is -1.98. The van der Waals surface area contributed by atoms with Gasteiger partial charge in [-0.25, -0.2) is 9.97 Å². The van der Waals surface area contributed by atoms with Crippen LogP contribution in [-0.4, -0.2) is 35.3 Å². The Morgan fingerprint density at radius 1 is 1.26 bits per heavy atom. The number of hydrogen-bond donors (Lipinski definition) is 1. The number of benzene rings is 1. The lowest BCUT2D eigenvalue weighted by Crippen LogP contribution is -2.42. The predicted molar refractivity (Wildman–Crippen MR) is 89.3 cm³/mol. The van der Waals surface area contributed by atoms with Crippen LogP contribution in [0.5, 0.6) is 5.75 Å². The van der Waals surface area contributed by atoms with Crippen molar-refractivity contribution in [2.45, 2.75) is 38.5 Å². The number of methoxy groups -OCH3 is 1. The van der Waals surface area contributed by atoms with Crippen molar-refractivity contribution in [2.24, 2.45) is 0 Å². The summed E-state index contributed by atoms with van der Waals surface area (Å²) < 4.78 is 11.1. The van der Waals surface area contributed by atoms with Crippen LogP contribution in [0.15, 0.2) is 36.7 Å². The topological polar surface area (TPSA) is 56.3 Å². The van der Waals surface area contributed by atoms with Gasteiger partial charge in [0.25, 0.3) is 0 Å². The van der Waals surface area contributed by atoms with Crippen LogP contribution in [0.2, 0.25) is 0 Å². The number of rotatable bonds is 5. The van der Waals surface area contributed by atoms with Crippen LogP contribution in [0.1, 0.15) is 25.8 Å². The molecule has 2 heterocycles. The monoisotopic (exact) mass is 313 g/mol. The van der Waals surface area contributed by atoms with E-state index >= 15 is 0 Å². The van der Waals surface area contributed by atoms with E-state index < -0.39 is 0 Å². The summed E-state index contributed by atoms with van der Waals surface area (Å²) >= 11 is 0. The van der Waals surface area contributed by atoms with Crippen LogP contribution in [0, 0.1) is 0 Å². The molecule has 1 aliphatic heterocycles. The summed E-state index contributed by atoms with van der Waals surface area (Å²) in [5.41, 5.74) is 1.85. The molecule has 0 amide bonds. The Kier molecular flexibility index (Phi) is 4.59. The molecule has 0 saturated carbocycles. The standard InChI is InChI=1S/C18H23N3O2/c1-18(2)16(8-9-23-18)19-10-13-11-20-17(21-12-13)14-6-4-5-7-15(14)22-3/h4-7,11-12,16,19H,8-10H2,1-3H3. The lowest BCUT2D eigenvalue weighted by Gasteiger charge is -2.26. The maximum atomic E-state index is 5.74. The molecule has 5 nitrogen and oxygen atoms in total. The fourth-order valence-corrected chi connectivity index (χ4v) is 2.89. The van der Waals surface area contributed by atoms with Gasteiger partial charge in [0.1, 0.15) is 5.75 Å². The van der Waals surface area contributed by atoms with E-state index in [-0.39, 0.29) is 5.60 Å². The first-order chi connectivity index (χ1) is 11.1. The number of aromatic nitrogens is 2. The molecular weight excluding hydrogens is 290 g/mol. The second-order valence-electron chi connectivity index (χ2n) is 6.29. The fraction of sp³-hybridized carbons (Fsp3) is 0.444. The first kappa shape index (κ1) is 15.9. The largest absolute Gasteiger partial charge is 0.496 e. The summed E-state index contributed by atoms with van der Waals surface area (Å²) in [5, 5.41) is 3.54. The SMILES string of the molecule is COc1ccccc1-c1ncc(CNC2CCOC2(C)C)cn1. The molecule has 1 unspecified atom stereocenters. The summed E-state index contributed by atoms with van der Waals surface area (Å²) in [7, 11) is 1.66. The van der Waals surface area contributed by atoms with Crippen molar-refractivity contribution in [3.8, 4) is 17.1 Å². The lowest BCUT2D eigenvalue weighted by molar-refractivity contribution is 0.0214. The number of para-hydroxylation sites is 1. The van der Waals surface area contributed by atoms with Gasteiger partial charge in [0.2, 0.25) is 0 Å². The van der Waals surface area contributed by atoms with Crippen molar-refractivity contribution >= 4 is 0 Å². The van der Waals surface area contributed by atoms with Crippen molar-refractivity contribution in [3.63, 3.8) is 0 Å². The molecule has 122 valence electrons. The van der Waals surface area contributed by atoms with Crippen LogP contribution in [-0.2, 0) is 11.3 Å². The highest BCUT2D eigenvalue weighted by Gasteiger charge is 2.35. The van der Waals surface area contributed by atoms with Gasteiger partial charge in [0.15, 0.2) is 5.82 Å². The Balaban J connectivity index is 1.68. The normalized spacial score (nSPS) is 19.7. The highest BCUT2D eigenvalue weighted by molar-refractivity contribution is 5.63. The Morgan fingerprint density at radius 3 is 2.65 bits per heavy atom. The van der Waals surface area contributed by atoms with Gasteiger partial charge in [-0.05, 0) is 32.4 Å². The molecule has 1 aromatic heterocycles. The molecule has 0 bridgehead atoms. The van der Waals surface area contributed by atoms with E-state index in [1.54, 1.807) is 7.11 Å². The third kappa shape index (κ3) is 3.51. The zero-order valence-corrected chi connectivity index (χ0v) is 13.9. The van der Waals surface area contributed by atoms with Gasteiger partial charge in [-0.3, -0.25) is 0 Å². The molecule has 3 rings (SSSR count). The van der Waals surface area contributed by atoms with Gasteiger partial charge in [-0.1, -0.05) is 12.1 Å². The highest BCUT2D eigenvalue weighted by atomic mass is 16.5. The van der Waals surface area contributed by atoms with Crippen LogP contribution < -0.4 is 10.1 Å². The second-order valence-corrected chi connectivity index (χ2v) is 6.29. The van der Waals surface area contributed by atoms with Gasteiger partial charge >= 0.3 is 0 Å². The maximum absolute atomic E-state index is 5.74. The zero-order valence-electron chi connectivity index (χ0n) is 13.9. The average molecular weight is 313 g/mol. The van der Waals surface area contributed by atoms with Crippen molar-refractivity contribution in [1.29, 1.82) is 0 Å². The van der Waals surface area contributed by atoms with Crippen molar-refractivity contribution in [2.75, 3.05) is 13.7 Å². The van der Waals surface area contributed by atoms with Gasteiger partial charge in [-0.2, -0.15) is 0 Å². The summed E-state index contributed by atoms with van der Waals surface area (Å²) in [4.78, 5) is 8.95. The Morgan fingerprint density at radius 2 is 2.00 bits per heavy atom. The van der Waals surface area contributed by atoms with Gasteiger partial charge in [-0.15, -0.1) is 0 Å². The quantitative estimate of drug-likeness (QED) is 0.920. The highest BCUT2D eigenvalue weighted by Crippen LogP contribution is 2.27. The third-order valence-electron chi connectivity index (χ3n) is 4.33. The molecule has 2 aromatic rings. The van der Waals surface area contributed by atoms with Gasteiger partial charge in [0, 0.05) is 37.2 Å². The number of nitrogens with one attached hydrogen (secondary N) is 1. The van der Waals surface area contributed by atoms with E-state index in [1.165, 1.54) is 0 Å². The fourth-order valence-electron chi connectivity index (χ4n) is 2.89. The lowest BCUT2D eigenvalue weighted by atomic mass is 9.99. The first-order valence-electron chi connectivity index (χ1n) is 7.92. The van der Waals surface area contributed by atoms with E-state index in [0.29, 0.717) is 11.9 Å². The van der Waals surface area contributed by atoms with Crippen molar-refractivity contribution in [3.05, 3.63) is 42.2 Å². The Bertz CT molecular complexity index is 656. The third-order valence-corrected chi connectivity index (χ3v) is 4.33. The maximum Gasteiger partial charge on any atom is 0.162 e. The average Bonchev–Trinajstić information content (AvgIpc) is 2.92. The zero-order chi connectivity index (χ0) is 16.3.